The molecule has 0 aromatic carbocycles. The Morgan fingerprint density at radius 3 is 2.60 bits per heavy atom. The second-order valence-electron chi connectivity index (χ2n) is 3.49. The van der Waals surface area contributed by atoms with Crippen molar-refractivity contribution in [2.45, 2.75) is 18.8 Å². The minimum Gasteiger partial charge on any atom is -0.329 e. The number of rotatable bonds is 1. The summed E-state index contributed by atoms with van der Waals surface area (Å²) in [6, 6.07) is 2.98. The third-order valence-electron chi connectivity index (χ3n) is 2.45. The minimum atomic E-state index is -0.334. The highest BCUT2D eigenvalue weighted by atomic mass is 16.2. The average molecular weight is 206 g/mol. The first-order chi connectivity index (χ1) is 7.16. The molecule has 0 saturated carbocycles. The molecular formula is C10H10N2O3. The van der Waals surface area contributed by atoms with Crippen LogP contribution in [0.5, 0.6) is 0 Å². The number of pyridine rings is 1. The van der Waals surface area contributed by atoms with E-state index in [0.29, 0.717) is 12.8 Å². The van der Waals surface area contributed by atoms with Gasteiger partial charge in [0.15, 0.2) is 0 Å². The lowest BCUT2D eigenvalue weighted by Gasteiger charge is -2.20. The fraction of sp³-hybridized carbons (Fsp3) is 0.300. The van der Waals surface area contributed by atoms with Crippen molar-refractivity contribution in [1.82, 2.24) is 10.3 Å². The molecular weight excluding hydrogens is 196 g/mol. The number of H-pyrrole nitrogens is 1. The minimum absolute atomic E-state index is 0.203. The number of aromatic amines is 1. The number of piperidine rings is 1. The molecule has 0 bridgehead atoms. The summed E-state index contributed by atoms with van der Waals surface area (Å²) in [4.78, 5) is 35.7. The number of amides is 2. The van der Waals surface area contributed by atoms with E-state index in [2.05, 4.69) is 10.3 Å². The van der Waals surface area contributed by atoms with E-state index in [1.165, 1.54) is 12.3 Å². The molecule has 0 radical (unpaired) electrons. The van der Waals surface area contributed by atoms with Gasteiger partial charge in [0.25, 0.3) is 0 Å². The highest BCUT2D eigenvalue weighted by Gasteiger charge is 2.27. The van der Waals surface area contributed by atoms with Crippen molar-refractivity contribution < 1.29 is 9.59 Å². The molecule has 1 aliphatic rings. The first-order valence-electron chi connectivity index (χ1n) is 4.69. The van der Waals surface area contributed by atoms with E-state index in [0.717, 1.165) is 5.56 Å². The lowest BCUT2D eigenvalue weighted by Crippen LogP contribution is -2.39. The molecule has 1 aromatic rings. The fourth-order valence-corrected chi connectivity index (χ4v) is 1.65. The van der Waals surface area contributed by atoms with Crippen molar-refractivity contribution in [2.75, 3.05) is 0 Å². The lowest BCUT2D eigenvalue weighted by atomic mass is 9.92. The predicted octanol–water partition coefficient (Wildman–Crippen LogP) is -0.105. The zero-order chi connectivity index (χ0) is 10.8. The van der Waals surface area contributed by atoms with Crippen molar-refractivity contribution in [2.24, 2.45) is 0 Å². The fourth-order valence-electron chi connectivity index (χ4n) is 1.65. The maximum atomic E-state index is 11.5. The van der Waals surface area contributed by atoms with Crippen molar-refractivity contribution >= 4 is 11.8 Å². The zero-order valence-electron chi connectivity index (χ0n) is 7.95. The molecule has 2 rings (SSSR count). The average Bonchev–Trinajstić information content (AvgIpc) is 2.20. The van der Waals surface area contributed by atoms with Crippen molar-refractivity contribution in [1.29, 1.82) is 0 Å². The molecule has 1 atom stereocenters. The quantitative estimate of drug-likeness (QED) is 0.629. The number of hydrogen-bond donors (Lipinski definition) is 2. The van der Waals surface area contributed by atoms with Crippen LogP contribution >= 0.6 is 0 Å². The van der Waals surface area contributed by atoms with Gasteiger partial charge in [0.2, 0.25) is 17.4 Å². The monoisotopic (exact) mass is 206 g/mol. The Hall–Kier alpha value is -1.91. The van der Waals surface area contributed by atoms with Crippen molar-refractivity contribution in [3.8, 4) is 0 Å². The molecule has 1 aromatic heterocycles. The maximum Gasteiger partial charge on any atom is 0.247 e. The molecule has 2 N–H and O–H groups in total. The number of hydrogen-bond acceptors (Lipinski definition) is 3. The second kappa shape index (κ2) is 3.68. The number of carbonyl (C=O) groups is 2. The molecule has 78 valence electrons. The van der Waals surface area contributed by atoms with Gasteiger partial charge in [-0.05, 0) is 12.0 Å². The van der Waals surface area contributed by atoms with Gasteiger partial charge < -0.3 is 4.98 Å². The van der Waals surface area contributed by atoms with Crippen LogP contribution in [0, 0.1) is 0 Å². The highest BCUT2D eigenvalue weighted by Crippen LogP contribution is 2.22. The Bertz CT molecular complexity index is 443. The molecule has 5 nitrogen and oxygen atoms in total. The summed E-state index contributed by atoms with van der Waals surface area (Å²) in [6.45, 7) is 0. The van der Waals surface area contributed by atoms with Gasteiger partial charge in [-0.1, -0.05) is 6.07 Å². The highest BCUT2D eigenvalue weighted by molar-refractivity contribution is 6.00. The van der Waals surface area contributed by atoms with Gasteiger partial charge in [0.05, 0.1) is 5.92 Å². The summed E-state index contributed by atoms with van der Waals surface area (Å²) < 4.78 is 0. The Labute approximate surface area is 85.5 Å². The molecule has 0 aliphatic carbocycles. The van der Waals surface area contributed by atoms with E-state index in [1.54, 1.807) is 6.07 Å². The van der Waals surface area contributed by atoms with Crippen LogP contribution in [0.4, 0.5) is 0 Å². The summed E-state index contributed by atoms with van der Waals surface area (Å²) in [5.41, 5.74) is 0.533. The van der Waals surface area contributed by atoms with Gasteiger partial charge in [0, 0.05) is 18.7 Å². The van der Waals surface area contributed by atoms with Crippen molar-refractivity contribution in [3.63, 3.8) is 0 Å². The molecule has 1 unspecified atom stereocenters. The molecule has 0 spiro atoms. The molecule has 1 fully saturated rings. The topological polar surface area (TPSA) is 79.0 Å². The molecule has 2 heterocycles. The molecule has 2 amide bonds. The van der Waals surface area contributed by atoms with E-state index in [1.807, 2.05) is 0 Å². The number of nitrogens with one attached hydrogen (secondary N) is 2. The Kier molecular flexibility index (Phi) is 2.37. The van der Waals surface area contributed by atoms with Gasteiger partial charge in [-0.3, -0.25) is 19.7 Å². The van der Waals surface area contributed by atoms with Crippen LogP contribution in [-0.2, 0) is 9.59 Å². The van der Waals surface area contributed by atoms with Crippen LogP contribution in [0.25, 0.3) is 0 Å². The van der Waals surface area contributed by atoms with E-state index >= 15 is 0 Å². The number of carbonyl (C=O) groups excluding carboxylic acids is 2. The van der Waals surface area contributed by atoms with Crippen LogP contribution < -0.4 is 10.9 Å². The Balaban J connectivity index is 2.24. The Morgan fingerprint density at radius 1 is 1.20 bits per heavy atom. The number of imide groups is 1. The number of aromatic nitrogens is 1. The normalized spacial score (nSPS) is 21.2. The van der Waals surface area contributed by atoms with E-state index in [4.69, 9.17) is 0 Å². The summed E-state index contributed by atoms with van der Waals surface area (Å²) in [5.74, 6) is -0.862. The van der Waals surface area contributed by atoms with Gasteiger partial charge >= 0.3 is 0 Å². The second-order valence-corrected chi connectivity index (χ2v) is 3.49. The molecule has 15 heavy (non-hydrogen) atoms. The zero-order valence-corrected chi connectivity index (χ0v) is 7.95. The lowest BCUT2D eigenvalue weighted by molar-refractivity contribution is -0.134. The van der Waals surface area contributed by atoms with Crippen LogP contribution in [0.1, 0.15) is 24.3 Å². The van der Waals surface area contributed by atoms with Crippen LogP contribution in [0.2, 0.25) is 0 Å². The van der Waals surface area contributed by atoms with Gasteiger partial charge in [-0.15, -0.1) is 0 Å². The van der Waals surface area contributed by atoms with E-state index in [9.17, 15) is 14.4 Å². The van der Waals surface area contributed by atoms with Crippen molar-refractivity contribution in [3.05, 3.63) is 34.2 Å². The summed E-state index contributed by atoms with van der Waals surface area (Å²) in [5, 5.41) is 2.27. The largest absolute Gasteiger partial charge is 0.329 e. The van der Waals surface area contributed by atoms with Gasteiger partial charge in [-0.25, -0.2) is 0 Å². The summed E-state index contributed by atoms with van der Waals surface area (Å²) in [7, 11) is 0. The predicted molar refractivity (Wildman–Crippen MR) is 52.2 cm³/mol. The maximum absolute atomic E-state index is 11.5. The van der Waals surface area contributed by atoms with Gasteiger partial charge in [0.1, 0.15) is 0 Å². The molecule has 1 saturated heterocycles. The standard InChI is InChI=1S/C10H10N2O3/c13-8-3-1-6(5-11-8)7-2-4-9(14)12-10(7)15/h1,3,5,7H,2,4H2,(H,11,13)(H,12,14,15). The third kappa shape index (κ3) is 1.96. The van der Waals surface area contributed by atoms with E-state index in [-0.39, 0.29) is 23.3 Å². The van der Waals surface area contributed by atoms with Crippen LogP contribution in [0.15, 0.2) is 23.1 Å². The van der Waals surface area contributed by atoms with Gasteiger partial charge in [-0.2, -0.15) is 0 Å². The smallest absolute Gasteiger partial charge is 0.247 e. The SMILES string of the molecule is O=C1CCC(c2ccc(=O)[nH]c2)C(=O)N1. The Morgan fingerprint density at radius 2 is 2.00 bits per heavy atom. The first-order valence-corrected chi connectivity index (χ1v) is 4.69. The summed E-state index contributed by atoms with van der Waals surface area (Å²) >= 11 is 0. The van der Waals surface area contributed by atoms with E-state index < -0.39 is 0 Å². The summed E-state index contributed by atoms with van der Waals surface area (Å²) in [6.07, 6.45) is 2.36. The third-order valence-corrected chi connectivity index (χ3v) is 2.45. The molecule has 5 heteroatoms. The first kappa shape index (κ1) is 9.64. The van der Waals surface area contributed by atoms with Crippen LogP contribution in [-0.4, -0.2) is 16.8 Å². The molecule has 1 aliphatic heterocycles. The van der Waals surface area contributed by atoms with Crippen LogP contribution in [0.3, 0.4) is 0 Å².